The molecule has 0 radical (unpaired) electrons. The molecule has 1 aliphatic heterocycles. The lowest BCUT2D eigenvalue weighted by molar-refractivity contribution is 0.101. The molecule has 0 fully saturated rings. The van der Waals surface area contributed by atoms with Gasteiger partial charge in [0.25, 0.3) is 0 Å². The lowest BCUT2D eigenvalue weighted by atomic mass is 9.96. The Bertz CT molecular complexity index is 402. The largest absolute Gasteiger partial charge is 0.493 e. The van der Waals surface area contributed by atoms with Crippen molar-refractivity contribution in [1.29, 1.82) is 0 Å². The van der Waals surface area contributed by atoms with Gasteiger partial charge in [0.05, 0.1) is 12.7 Å². The van der Waals surface area contributed by atoms with Gasteiger partial charge < -0.3 is 15.2 Å². The second-order valence-electron chi connectivity index (χ2n) is 5.32. The van der Waals surface area contributed by atoms with E-state index in [4.69, 9.17) is 4.74 Å². The van der Waals surface area contributed by atoms with E-state index in [-0.39, 0.29) is 6.10 Å². The molecule has 0 aliphatic carbocycles. The molecule has 3 heteroatoms. The molecule has 1 aromatic carbocycles. The average molecular weight is 263 g/mol. The summed E-state index contributed by atoms with van der Waals surface area (Å²) in [5, 5.41) is 13.4. The first kappa shape index (κ1) is 14.4. The van der Waals surface area contributed by atoms with Crippen LogP contribution in [-0.2, 0) is 13.0 Å². The molecule has 1 unspecified atom stereocenters. The van der Waals surface area contributed by atoms with Gasteiger partial charge in [-0.05, 0) is 23.1 Å². The quantitative estimate of drug-likeness (QED) is 0.794. The second kappa shape index (κ2) is 6.92. The van der Waals surface area contributed by atoms with Crippen molar-refractivity contribution in [1.82, 2.24) is 5.32 Å². The molecular weight excluding hydrogens is 238 g/mol. The number of rotatable bonds is 7. The highest BCUT2D eigenvalue weighted by atomic mass is 16.5. The molecule has 2 rings (SSSR count). The fourth-order valence-electron chi connectivity index (χ4n) is 2.71. The molecule has 1 aromatic rings. The minimum atomic E-state index is -0.243. The molecule has 19 heavy (non-hydrogen) atoms. The maximum Gasteiger partial charge on any atom is 0.122 e. The molecule has 0 saturated heterocycles. The lowest BCUT2D eigenvalue weighted by Gasteiger charge is -2.20. The van der Waals surface area contributed by atoms with Gasteiger partial charge in [0.1, 0.15) is 5.75 Å². The first-order valence-corrected chi connectivity index (χ1v) is 7.38. The van der Waals surface area contributed by atoms with Crippen molar-refractivity contribution < 1.29 is 9.84 Å². The predicted octanol–water partition coefficient (Wildman–Crippen LogP) is 2.51. The van der Waals surface area contributed by atoms with Crippen LogP contribution < -0.4 is 10.1 Å². The topological polar surface area (TPSA) is 41.5 Å². The van der Waals surface area contributed by atoms with Crippen molar-refractivity contribution in [3.63, 3.8) is 0 Å². The molecule has 0 amide bonds. The van der Waals surface area contributed by atoms with Crippen molar-refractivity contribution in [3.05, 3.63) is 29.3 Å². The molecule has 0 aromatic heterocycles. The Morgan fingerprint density at radius 3 is 2.84 bits per heavy atom. The van der Waals surface area contributed by atoms with Gasteiger partial charge in [-0.15, -0.1) is 0 Å². The van der Waals surface area contributed by atoms with Gasteiger partial charge >= 0.3 is 0 Å². The maximum absolute atomic E-state index is 10.1. The van der Waals surface area contributed by atoms with E-state index >= 15 is 0 Å². The van der Waals surface area contributed by atoms with Crippen LogP contribution in [-0.4, -0.2) is 24.4 Å². The van der Waals surface area contributed by atoms with Crippen LogP contribution in [0.15, 0.2) is 18.2 Å². The molecule has 0 spiro atoms. The van der Waals surface area contributed by atoms with Crippen LogP contribution in [0.4, 0.5) is 0 Å². The van der Waals surface area contributed by atoms with E-state index in [1.54, 1.807) is 0 Å². The van der Waals surface area contributed by atoms with Crippen LogP contribution in [0.1, 0.15) is 37.8 Å². The smallest absolute Gasteiger partial charge is 0.122 e. The van der Waals surface area contributed by atoms with Crippen LogP contribution >= 0.6 is 0 Å². The van der Waals surface area contributed by atoms with E-state index in [1.165, 1.54) is 11.1 Å². The van der Waals surface area contributed by atoms with Crippen molar-refractivity contribution in [2.75, 3.05) is 13.2 Å². The number of hydrogen-bond acceptors (Lipinski definition) is 3. The fourth-order valence-corrected chi connectivity index (χ4v) is 2.71. The summed E-state index contributed by atoms with van der Waals surface area (Å²) in [6.07, 6.45) is 2.85. The van der Waals surface area contributed by atoms with E-state index in [9.17, 15) is 5.11 Å². The first-order chi connectivity index (χ1) is 9.24. The summed E-state index contributed by atoms with van der Waals surface area (Å²) in [4.78, 5) is 0. The zero-order valence-corrected chi connectivity index (χ0v) is 12.0. The molecule has 0 saturated carbocycles. The van der Waals surface area contributed by atoms with Crippen LogP contribution in [0.3, 0.4) is 0 Å². The van der Waals surface area contributed by atoms with Crippen molar-refractivity contribution in [3.8, 4) is 5.75 Å². The van der Waals surface area contributed by atoms with Gasteiger partial charge in [-0.1, -0.05) is 38.8 Å². The van der Waals surface area contributed by atoms with Gasteiger partial charge in [0, 0.05) is 19.5 Å². The zero-order valence-electron chi connectivity index (χ0n) is 12.0. The monoisotopic (exact) mass is 263 g/mol. The molecular formula is C16H25NO2. The normalized spacial score (nSPS) is 15.4. The van der Waals surface area contributed by atoms with Crippen LogP contribution in [0.5, 0.6) is 5.75 Å². The molecule has 106 valence electrons. The van der Waals surface area contributed by atoms with Crippen LogP contribution in [0.2, 0.25) is 0 Å². The summed E-state index contributed by atoms with van der Waals surface area (Å²) in [5.74, 6) is 1.43. The van der Waals surface area contributed by atoms with E-state index in [0.29, 0.717) is 12.5 Å². The summed E-state index contributed by atoms with van der Waals surface area (Å²) >= 11 is 0. The SMILES string of the molecule is CCC(CC)C(O)CNCc1ccc2c(c1)CCO2. The number of benzene rings is 1. The van der Waals surface area contributed by atoms with Crippen LogP contribution in [0.25, 0.3) is 0 Å². The molecule has 2 N–H and O–H groups in total. The van der Waals surface area contributed by atoms with E-state index < -0.39 is 0 Å². The summed E-state index contributed by atoms with van der Waals surface area (Å²) in [7, 11) is 0. The Morgan fingerprint density at radius 1 is 1.32 bits per heavy atom. The summed E-state index contributed by atoms with van der Waals surface area (Å²) < 4.78 is 5.50. The lowest BCUT2D eigenvalue weighted by Crippen LogP contribution is -2.32. The molecule has 3 nitrogen and oxygen atoms in total. The summed E-state index contributed by atoms with van der Waals surface area (Å²) in [6.45, 7) is 6.56. The van der Waals surface area contributed by atoms with E-state index in [0.717, 1.165) is 38.2 Å². The minimum Gasteiger partial charge on any atom is -0.493 e. The number of nitrogens with one attached hydrogen (secondary N) is 1. The highest BCUT2D eigenvalue weighted by Gasteiger charge is 2.15. The second-order valence-corrected chi connectivity index (χ2v) is 5.32. The summed E-state index contributed by atoms with van der Waals surface area (Å²) in [6, 6.07) is 6.36. The third kappa shape index (κ3) is 3.71. The van der Waals surface area contributed by atoms with Gasteiger partial charge in [0.15, 0.2) is 0 Å². The minimum absolute atomic E-state index is 0.243. The molecule has 1 aliphatic rings. The Kier molecular flexibility index (Phi) is 5.23. The standard InChI is InChI=1S/C16H25NO2/c1-3-13(4-2)15(18)11-17-10-12-5-6-16-14(9-12)7-8-19-16/h5-6,9,13,15,17-18H,3-4,7-8,10-11H2,1-2H3. The third-order valence-corrected chi connectivity index (χ3v) is 4.03. The first-order valence-electron chi connectivity index (χ1n) is 7.38. The Morgan fingerprint density at radius 2 is 2.11 bits per heavy atom. The molecule has 1 atom stereocenters. The number of aliphatic hydroxyl groups excluding tert-OH is 1. The van der Waals surface area contributed by atoms with Crippen molar-refractivity contribution in [2.45, 2.75) is 45.8 Å². The fraction of sp³-hybridized carbons (Fsp3) is 0.625. The van der Waals surface area contributed by atoms with Gasteiger partial charge in [-0.25, -0.2) is 0 Å². The highest BCUT2D eigenvalue weighted by Crippen LogP contribution is 2.25. The molecule has 1 heterocycles. The highest BCUT2D eigenvalue weighted by molar-refractivity contribution is 5.39. The van der Waals surface area contributed by atoms with E-state index in [1.807, 2.05) is 0 Å². The third-order valence-electron chi connectivity index (χ3n) is 4.03. The number of aliphatic hydroxyl groups is 1. The predicted molar refractivity (Wildman–Crippen MR) is 77.4 cm³/mol. The van der Waals surface area contributed by atoms with Crippen molar-refractivity contribution in [2.24, 2.45) is 5.92 Å². The van der Waals surface area contributed by atoms with Crippen LogP contribution in [0, 0.1) is 5.92 Å². The number of fused-ring (bicyclic) bond motifs is 1. The van der Waals surface area contributed by atoms with Crippen molar-refractivity contribution >= 4 is 0 Å². The van der Waals surface area contributed by atoms with Gasteiger partial charge in [0.2, 0.25) is 0 Å². The Labute approximate surface area is 116 Å². The number of ether oxygens (including phenoxy) is 1. The Hall–Kier alpha value is -1.06. The summed E-state index contributed by atoms with van der Waals surface area (Å²) in [5.41, 5.74) is 2.57. The molecule has 0 bridgehead atoms. The zero-order chi connectivity index (χ0) is 13.7. The van der Waals surface area contributed by atoms with Gasteiger partial charge in [-0.2, -0.15) is 0 Å². The number of hydrogen-bond donors (Lipinski definition) is 2. The maximum atomic E-state index is 10.1. The van der Waals surface area contributed by atoms with E-state index in [2.05, 4.69) is 37.4 Å². The van der Waals surface area contributed by atoms with Gasteiger partial charge in [-0.3, -0.25) is 0 Å². The Balaban J connectivity index is 1.79. The average Bonchev–Trinajstić information content (AvgIpc) is 2.87.